The van der Waals surface area contributed by atoms with E-state index in [1.807, 2.05) is 0 Å². The van der Waals surface area contributed by atoms with E-state index in [0.717, 1.165) is 30.3 Å². The number of azo groups is 1. The van der Waals surface area contributed by atoms with Crippen molar-refractivity contribution < 1.29 is 77.3 Å². The van der Waals surface area contributed by atoms with Crippen LogP contribution in [0, 0.1) is 6.08 Å². The van der Waals surface area contributed by atoms with Gasteiger partial charge in [0.05, 0.1) is 34.2 Å². The Morgan fingerprint density at radius 2 is 1.40 bits per heavy atom. The van der Waals surface area contributed by atoms with Gasteiger partial charge in [-0.25, -0.2) is 18.9 Å². The molecule has 6 aromatic rings. The summed E-state index contributed by atoms with van der Waals surface area (Å²) in [5, 5.41) is 48.4. The number of phenolic OH excluding ortho intramolecular Hbond substituents is 1. The van der Waals surface area contributed by atoms with Crippen molar-refractivity contribution in [2.24, 2.45) is 10.2 Å². The van der Waals surface area contributed by atoms with Gasteiger partial charge in [-0.1, -0.05) is 28.3 Å². The van der Waals surface area contributed by atoms with Crippen LogP contribution >= 0.6 is 24.4 Å². The van der Waals surface area contributed by atoms with E-state index in [0.29, 0.717) is 12.0 Å². The number of fused-ring (bicyclic) bond motifs is 2. The summed E-state index contributed by atoms with van der Waals surface area (Å²) in [7, 11) is -13.7. The number of nitrogens with zero attached hydrogens (tertiary/aromatic N) is 5. The molecule has 23 nitrogen and oxygen atoms in total. The molecular formula is C31H24FN7O16S5. The largest absolute Gasteiger partial charge is 0.505 e. The zero-order chi connectivity index (χ0) is 43.2. The van der Waals surface area contributed by atoms with E-state index in [1.165, 1.54) is 48.5 Å². The van der Waals surface area contributed by atoms with Crippen LogP contribution in [0.15, 0.2) is 109 Å². The third kappa shape index (κ3) is 10.5. The second kappa shape index (κ2) is 18.6. The average Bonchev–Trinajstić information content (AvgIpc) is 3.18. The number of hydrogen-bond acceptors (Lipinski definition) is 23. The molecule has 0 unspecified atom stereocenters. The Kier molecular flexibility index (Phi) is 13.7. The Bertz CT molecular complexity index is 2950. The first-order chi connectivity index (χ1) is 28.5. The molecule has 0 aliphatic heterocycles. The van der Waals surface area contributed by atoms with Crippen LogP contribution < -0.4 is 10.6 Å². The van der Waals surface area contributed by atoms with Crippen molar-refractivity contribution in [3.8, 4) is 5.75 Å². The van der Waals surface area contributed by atoms with Gasteiger partial charge in [-0.3, -0.25) is 13.3 Å². The summed E-state index contributed by atoms with van der Waals surface area (Å²) in [5.74, 6) is -1.54. The Morgan fingerprint density at radius 3 is 2.07 bits per heavy atom. The van der Waals surface area contributed by atoms with Crippen molar-refractivity contribution in [3.63, 3.8) is 0 Å². The van der Waals surface area contributed by atoms with Crippen molar-refractivity contribution in [1.29, 1.82) is 0 Å². The van der Waals surface area contributed by atoms with Crippen LogP contribution in [0.4, 0.5) is 39.0 Å². The number of rotatable bonds is 18. The van der Waals surface area contributed by atoms with Gasteiger partial charge in [-0.2, -0.15) is 36.2 Å². The minimum atomic E-state index is -5.12. The number of aromatic hydroxyl groups is 1. The SMILES string of the molecule is O=S(=O)(O)c1cccc2c(S(=O)(=O)O)c(N=Nc3c(SOOO)cc4cc(Nc5nc(F)nc(Nc6ccc(S(=O)(=O)CCOSOOO)cc6)n5)ccc4c3O)ccc12. The fraction of sp³-hybridized carbons (Fsp3) is 0.0645. The zero-order valence-corrected chi connectivity index (χ0v) is 33.4. The van der Waals surface area contributed by atoms with E-state index in [9.17, 15) is 43.9 Å². The van der Waals surface area contributed by atoms with Crippen LogP contribution in [0.3, 0.4) is 0 Å². The molecule has 0 saturated heterocycles. The summed E-state index contributed by atoms with van der Waals surface area (Å²) in [6.07, 6.45) is -1.20. The first-order valence-electron chi connectivity index (χ1n) is 15.9. The number of aromatic nitrogens is 3. The highest BCUT2D eigenvalue weighted by Crippen LogP contribution is 2.45. The lowest BCUT2D eigenvalue weighted by molar-refractivity contribution is -0.434. The first-order valence-corrected chi connectivity index (χ1v) is 21.8. The van der Waals surface area contributed by atoms with E-state index in [-0.39, 0.29) is 79.2 Å². The molecular weight excluding hydrogens is 906 g/mol. The number of benzene rings is 5. The molecule has 5 aromatic carbocycles. The van der Waals surface area contributed by atoms with Gasteiger partial charge in [0.15, 0.2) is 27.9 Å². The third-order valence-electron chi connectivity index (χ3n) is 7.83. The van der Waals surface area contributed by atoms with Gasteiger partial charge in [0.2, 0.25) is 11.9 Å². The summed E-state index contributed by atoms with van der Waals surface area (Å²) in [6.45, 7) is -0.293. The van der Waals surface area contributed by atoms with Crippen molar-refractivity contribution in [3.05, 3.63) is 84.9 Å². The van der Waals surface area contributed by atoms with E-state index < -0.39 is 63.1 Å². The molecule has 316 valence electrons. The molecule has 0 aliphatic carbocycles. The summed E-state index contributed by atoms with van der Waals surface area (Å²) >= 11 is 0.566. The van der Waals surface area contributed by atoms with Gasteiger partial charge >= 0.3 is 6.08 Å². The van der Waals surface area contributed by atoms with Crippen LogP contribution in [-0.2, 0) is 53.0 Å². The van der Waals surface area contributed by atoms with Crippen LogP contribution in [0.25, 0.3) is 21.5 Å². The number of halogens is 1. The second-order valence-electron chi connectivity index (χ2n) is 11.5. The lowest BCUT2D eigenvalue weighted by atomic mass is 10.1. The molecule has 6 rings (SSSR count). The molecule has 0 radical (unpaired) electrons. The molecule has 29 heteroatoms. The van der Waals surface area contributed by atoms with E-state index in [2.05, 4.69) is 54.6 Å². The van der Waals surface area contributed by atoms with Gasteiger partial charge in [0.25, 0.3) is 20.2 Å². The van der Waals surface area contributed by atoms with E-state index >= 15 is 0 Å². The predicted molar refractivity (Wildman–Crippen MR) is 207 cm³/mol. The molecule has 0 aliphatic rings. The standard InChI is InChI=1S/C31H24FN7O16S5/c32-29-35-30(33-17-4-7-19(8-5-17)58(43,44)13-12-51-57-55-53-42)37-31(36-29)34-18-6-9-20-16(14-18)15-24(56-54-52-41)26(27(20)40)39-38-23-11-10-21-22(28(23)60(48,49)50)2-1-3-25(21)59(45,46)47/h1-11,14-15,40-42H,12-13H2,(H,45,46,47)(H,48,49,50)(H2,33,34,35,36,37). The quantitative estimate of drug-likeness (QED) is 0.0119. The number of sulfone groups is 1. The minimum absolute atomic E-state index is 0.0601. The number of nitrogens with one attached hydrogen (secondary N) is 2. The maximum absolute atomic E-state index is 14.5. The van der Waals surface area contributed by atoms with Crippen LogP contribution in [0.2, 0.25) is 0 Å². The summed E-state index contributed by atoms with van der Waals surface area (Å²) in [6, 6.07) is 16.4. The molecule has 0 saturated carbocycles. The number of hydrogen-bond donors (Lipinski definition) is 7. The average molecular weight is 930 g/mol. The van der Waals surface area contributed by atoms with E-state index in [4.69, 9.17) is 14.7 Å². The van der Waals surface area contributed by atoms with Crippen LogP contribution in [-0.4, -0.2) is 77.3 Å². The summed E-state index contributed by atoms with van der Waals surface area (Å²) < 4.78 is 122. The van der Waals surface area contributed by atoms with Crippen molar-refractivity contribution in [1.82, 2.24) is 15.0 Å². The molecule has 0 fully saturated rings. The summed E-state index contributed by atoms with van der Waals surface area (Å²) in [4.78, 5) is 9.72. The van der Waals surface area contributed by atoms with Gasteiger partial charge in [0.1, 0.15) is 21.2 Å². The Balaban J connectivity index is 1.26. The lowest BCUT2D eigenvalue weighted by Crippen LogP contribution is -2.11. The Labute approximate surface area is 344 Å². The molecule has 0 amide bonds. The highest BCUT2D eigenvalue weighted by Gasteiger charge is 2.24. The fourth-order valence-corrected chi connectivity index (χ4v) is 8.84. The first kappa shape index (κ1) is 44.3. The van der Waals surface area contributed by atoms with E-state index in [1.54, 1.807) is 0 Å². The lowest BCUT2D eigenvalue weighted by Gasteiger charge is -2.12. The molecule has 0 spiro atoms. The van der Waals surface area contributed by atoms with Crippen molar-refractivity contribution >= 4 is 111 Å². The maximum Gasteiger partial charge on any atom is 0.315 e. The molecule has 1 heterocycles. The predicted octanol–water partition coefficient (Wildman–Crippen LogP) is 6.62. The second-order valence-corrected chi connectivity index (χ2v) is 17.6. The third-order valence-corrected chi connectivity index (χ3v) is 12.4. The van der Waals surface area contributed by atoms with Gasteiger partial charge in [0, 0.05) is 27.5 Å². The molecule has 1 aromatic heterocycles. The number of anilines is 4. The number of phenols is 1. The highest BCUT2D eigenvalue weighted by molar-refractivity contribution is 7.94. The normalized spacial score (nSPS) is 12.4. The smallest absolute Gasteiger partial charge is 0.315 e. The molecule has 7 N–H and O–H groups in total. The van der Waals surface area contributed by atoms with Crippen molar-refractivity contribution in [2.75, 3.05) is 23.0 Å². The van der Waals surface area contributed by atoms with Gasteiger partial charge < -0.3 is 15.7 Å². The summed E-state index contributed by atoms with van der Waals surface area (Å²) in [5.41, 5.74) is -0.337. The maximum atomic E-state index is 14.5. The Morgan fingerprint density at radius 1 is 0.733 bits per heavy atom. The molecule has 0 bridgehead atoms. The topological polar surface area (TPSA) is 337 Å². The van der Waals surface area contributed by atoms with Crippen molar-refractivity contribution in [2.45, 2.75) is 19.6 Å². The zero-order valence-electron chi connectivity index (χ0n) is 29.3. The van der Waals surface area contributed by atoms with Gasteiger partial charge in [-0.15, -0.1) is 18.9 Å². The van der Waals surface area contributed by atoms with Crippen LogP contribution in [0.1, 0.15) is 0 Å². The molecule has 60 heavy (non-hydrogen) atoms. The minimum Gasteiger partial charge on any atom is -0.505 e. The van der Waals surface area contributed by atoms with Crippen LogP contribution in [0.5, 0.6) is 5.75 Å². The monoisotopic (exact) mass is 929 g/mol. The Hall–Kier alpha value is -5.25. The van der Waals surface area contributed by atoms with Gasteiger partial charge in [-0.05, 0) is 66.0 Å². The highest BCUT2D eigenvalue weighted by atomic mass is 32.2. The molecule has 0 atom stereocenters. The fourth-order valence-electron chi connectivity index (χ4n) is 5.40.